The van der Waals surface area contributed by atoms with Gasteiger partial charge in [0, 0.05) is 12.0 Å². The van der Waals surface area contributed by atoms with E-state index in [0.29, 0.717) is 5.56 Å². The molecular formula is C13H16O3. The lowest BCUT2D eigenvalue weighted by Crippen LogP contribution is -2.05. The summed E-state index contributed by atoms with van der Waals surface area (Å²) in [5.41, 5.74) is 0.636. The number of rotatable bonds is 4. The molecule has 0 fully saturated rings. The van der Waals surface area contributed by atoms with Crippen LogP contribution >= 0.6 is 0 Å². The third-order valence-electron chi connectivity index (χ3n) is 1.88. The summed E-state index contributed by atoms with van der Waals surface area (Å²) in [6.07, 6.45) is 0.348. The van der Waals surface area contributed by atoms with Crippen molar-refractivity contribution in [1.82, 2.24) is 0 Å². The number of hydrogen-bond donors (Lipinski definition) is 0. The fourth-order valence-corrected chi connectivity index (χ4v) is 1.09. The molecule has 0 heterocycles. The molecule has 3 nitrogen and oxygen atoms in total. The Bertz CT molecular complexity index is 330. The Kier molecular flexibility index (Phi) is 7.41. The highest BCUT2D eigenvalue weighted by Gasteiger charge is 2.08. The van der Waals surface area contributed by atoms with Crippen molar-refractivity contribution in [3.8, 4) is 0 Å². The van der Waals surface area contributed by atoms with Gasteiger partial charge in [-0.1, -0.05) is 30.3 Å². The van der Waals surface area contributed by atoms with E-state index in [-0.39, 0.29) is 24.6 Å². The topological polar surface area (TPSA) is 43.4 Å². The lowest BCUT2D eigenvalue weighted by molar-refractivity contribution is -0.140. The molecule has 0 unspecified atom stereocenters. The second kappa shape index (κ2) is 8.41. The van der Waals surface area contributed by atoms with Crippen molar-refractivity contribution in [2.75, 3.05) is 7.11 Å². The average molecular weight is 220 g/mol. The molecule has 0 aromatic heterocycles. The van der Waals surface area contributed by atoms with Crippen LogP contribution in [-0.4, -0.2) is 18.9 Å². The van der Waals surface area contributed by atoms with Crippen LogP contribution in [0.15, 0.2) is 43.5 Å². The highest BCUT2D eigenvalue weighted by Crippen LogP contribution is 2.05. The van der Waals surface area contributed by atoms with Crippen molar-refractivity contribution < 1.29 is 14.3 Å². The van der Waals surface area contributed by atoms with Gasteiger partial charge in [0.15, 0.2) is 5.78 Å². The van der Waals surface area contributed by atoms with E-state index in [1.165, 1.54) is 7.11 Å². The van der Waals surface area contributed by atoms with E-state index in [1.807, 2.05) is 6.07 Å². The van der Waals surface area contributed by atoms with Crippen LogP contribution in [0.1, 0.15) is 23.2 Å². The highest BCUT2D eigenvalue weighted by atomic mass is 16.5. The second-order valence-corrected chi connectivity index (χ2v) is 2.87. The van der Waals surface area contributed by atoms with Gasteiger partial charge in [-0.25, -0.2) is 0 Å². The van der Waals surface area contributed by atoms with Gasteiger partial charge in [0.25, 0.3) is 0 Å². The Morgan fingerprint density at radius 2 is 1.69 bits per heavy atom. The summed E-state index contributed by atoms with van der Waals surface area (Å²) in [4.78, 5) is 22.2. The van der Waals surface area contributed by atoms with Gasteiger partial charge in [0.05, 0.1) is 13.5 Å². The SMILES string of the molecule is C=C.COC(=O)CCC(=O)c1ccccc1. The van der Waals surface area contributed by atoms with Crippen LogP contribution in [0.2, 0.25) is 0 Å². The largest absolute Gasteiger partial charge is 0.469 e. The van der Waals surface area contributed by atoms with Gasteiger partial charge in [-0.05, 0) is 0 Å². The van der Waals surface area contributed by atoms with E-state index < -0.39 is 0 Å². The summed E-state index contributed by atoms with van der Waals surface area (Å²) in [7, 11) is 1.31. The molecule has 86 valence electrons. The Labute approximate surface area is 95.7 Å². The number of esters is 1. The molecule has 1 aromatic rings. The molecule has 0 aliphatic heterocycles. The Morgan fingerprint density at radius 3 is 2.19 bits per heavy atom. The molecule has 0 amide bonds. The number of ether oxygens (including phenoxy) is 1. The third kappa shape index (κ3) is 5.10. The lowest BCUT2D eigenvalue weighted by atomic mass is 10.1. The van der Waals surface area contributed by atoms with Crippen LogP contribution in [-0.2, 0) is 9.53 Å². The van der Waals surface area contributed by atoms with E-state index in [1.54, 1.807) is 24.3 Å². The molecule has 0 saturated carbocycles. The minimum atomic E-state index is -0.353. The molecule has 1 aromatic carbocycles. The molecular weight excluding hydrogens is 204 g/mol. The third-order valence-corrected chi connectivity index (χ3v) is 1.88. The van der Waals surface area contributed by atoms with Crippen molar-refractivity contribution in [3.63, 3.8) is 0 Å². The number of Topliss-reactive ketones (excluding diaryl/α,β-unsaturated/α-hetero) is 1. The molecule has 1 rings (SSSR count). The minimum absolute atomic E-state index is 0.0315. The van der Waals surface area contributed by atoms with Crippen LogP contribution in [0.4, 0.5) is 0 Å². The van der Waals surface area contributed by atoms with Crippen molar-refractivity contribution in [2.45, 2.75) is 12.8 Å². The Balaban J connectivity index is 0.00000106. The molecule has 0 spiro atoms. The summed E-state index contributed by atoms with van der Waals surface area (Å²) in [5.74, 6) is -0.384. The van der Waals surface area contributed by atoms with Gasteiger partial charge >= 0.3 is 5.97 Å². The van der Waals surface area contributed by atoms with Crippen LogP contribution in [0.25, 0.3) is 0 Å². The first-order valence-electron chi connectivity index (χ1n) is 4.89. The van der Waals surface area contributed by atoms with Gasteiger partial charge in [-0.3, -0.25) is 9.59 Å². The monoisotopic (exact) mass is 220 g/mol. The van der Waals surface area contributed by atoms with E-state index in [2.05, 4.69) is 17.9 Å². The first-order valence-corrected chi connectivity index (χ1v) is 4.89. The van der Waals surface area contributed by atoms with Crippen LogP contribution in [0.3, 0.4) is 0 Å². The normalized spacial score (nSPS) is 8.56. The number of benzene rings is 1. The van der Waals surface area contributed by atoms with Crippen LogP contribution in [0.5, 0.6) is 0 Å². The Morgan fingerprint density at radius 1 is 1.12 bits per heavy atom. The van der Waals surface area contributed by atoms with Crippen molar-refractivity contribution in [1.29, 1.82) is 0 Å². The summed E-state index contributed by atoms with van der Waals surface area (Å²) in [6, 6.07) is 8.91. The number of hydrogen-bond acceptors (Lipinski definition) is 3. The van der Waals surface area contributed by atoms with Gasteiger partial charge in [0.2, 0.25) is 0 Å². The quantitative estimate of drug-likeness (QED) is 0.445. The van der Waals surface area contributed by atoms with Crippen molar-refractivity contribution >= 4 is 11.8 Å². The van der Waals surface area contributed by atoms with Crippen LogP contribution in [0, 0.1) is 0 Å². The molecule has 0 bridgehead atoms. The van der Waals surface area contributed by atoms with E-state index in [4.69, 9.17) is 0 Å². The predicted molar refractivity (Wildman–Crippen MR) is 63.3 cm³/mol. The average Bonchev–Trinajstić information content (AvgIpc) is 2.38. The lowest BCUT2D eigenvalue weighted by Gasteiger charge is -1.99. The molecule has 0 aliphatic rings. The fraction of sp³-hybridized carbons (Fsp3) is 0.231. The fourth-order valence-electron chi connectivity index (χ4n) is 1.09. The maximum absolute atomic E-state index is 11.5. The van der Waals surface area contributed by atoms with E-state index in [9.17, 15) is 9.59 Å². The Hall–Kier alpha value is -1.90. The second-order valence-electron chi connectivity index (χ2n) is 2.87. The number of methoxy groups -OCH3 is 1. The van der Waals surface area contributed by atoms with Gasteiger partial charge < -0.3 is 4.74 Å². The summed E-state index contributed by atoms with van der Waals surface area (Å²) < 4.78 is 4.45. The maximum atomic E-state index is 11.5. The molecule has 0 N–H and O–H groups in total. The molecule has 0 saturated heterocycles. The molecule has 0 radical (unpaired) electrons. The van der Waals surface area contributed by atoms with Crippen molar-refractivity contribution in [3.05, 3.63) is 49.1 Å². The number of carbonyl (C=O) groups is 2. The maximum Gasteiger partial charge on any atom is 0.305 e. The first kappa shape index (κ1) is 14.1. The number of carbonyl (C=O) groups excluding carboxylic acids is 2. The highest BCUT2D eigenvalue weighted by molar-refractivity contribution is 5.97. The zero-order valence-corrected chi connectivity index (χ0v) is 9.44. The summed E-state index contributed by atoms with van der Waals surface area (Å²) in [5, 5.41) is 0. The molecule has 0 atom stereocenters. The zero-order chi connectivity index (χ0) is 12.4. The molecule has 3 heteroatoms. The predicted octanol–water partition coefficient (Wildman–Crippen LogP) is 2.62. The number of ketones is 1. The smallest absolute Gasteiger partial charge is 0.305 e. The standard InChI is InChI=1S/C11H12O3.C2H4/c1-14-11(13)8-7-10(12)9-5-3-2-4-6-9;1-2/h2-6H,7-8H2,1H3;1-2H2. The van der Waals surface area contributed by atoms with Crippen LogP contribution < -0.4 is 0 Å². The van der Waals surface area contributed by atoms with E-state index in [0.717, 1.165) is 0 Å². The zero-order valence-electron chi connectivity index (χ0n) is 9.44. The van der Waals surface area contributed by atoms with Gasteiger partial charge in [-0.15, -0.1) is 13.2 Å². The van der Waals surface area contributed by atoms with Crippen molar-refractivity contribution in [2.24, 2.45) is 0 Å². The van der Waals surface area contributed by atoms with Gasteiger partial charge in [0.1, 0.15) is 0 Å². The first-order chi connectivity index (χ1) is 7.74. The summed E-state index contributed by atoms with van der Waals surface area (Å²) >= 11 is 0. The molecule has 0 aliphatic carbocycles. The van der Waals surface area contributed by atoms with Gasteiger partial charge in [-0.2, -0.15) is 0 Å². The minimum Gasteiger partial charge on any atom is -0.469 e. The summed E-state index contributed by atoms with van der Waals surface area (Å²) in [6.45, 7) is 6.00. The molecule has 16 heavy (non-hydrogen) atoms. The van der Waals surface area contributed by atoms with E-state index >= 15 is 0 Å².